The lowest BCUT2D eigenvalue weighted by atomic mass is 9.90. The molecular weight excluding hydrogens is 282 g/mol. The molecule has 3 nitrogen and oxygen atoms in total. The molecule has 0 aliphatic carbocycles. The second kappa shape index (κ2) is 6.37. The molecule has 2 aromatic rings. The van der Waals surface area contributed by atoms with Crippen molar-refractivity contribution in [3.63, 3.8) is 0 Å². The summed E-state index contributed by atoms with van der Waals surface area (Å²) >= 11 is 6.17. The van der Waals surface area contributed by atoms with Crippen LogP contribution >= 0.6 is 11.6 Å². The van der Waals surface area contributed by atoms with Crippen molar-refractivity contribution < 1.29 is 0 Å². The largest absolute Gasteiger partial charge is 0.327 e. The number of imidazole rings is 1. The maximum atomic E-state index is 6.17. The van der Waals surface area contributed by atoms with Crippen LogP contribution in [0.2, 0.25) is 5.02 Å². The van der Waals surface area contributed by atoms with Gasteiger partial charge in [-0.3, -0.25) is 0 Å². The molecule has 0 radical (unpaired) electrons. The van der Waals surface area contributed by atoms with E-state index in [-0.39, 0.29) is 0 Å². The summed E-state index contributed by atoms with van der Waals surface area (Å²) in [5.41, 5.74) is 2.23. The van der Waals surface area contributed by atoms with Crippen LogP contribution in [0.3, 0.4) is 0 Å². The van der Waals surface area contributed by atoms with Crippen molar-refractivity contribution in [3.05, 3.63) is 29.0 Å². The molecule has 1 aliphatic rings. The zero-order valence-corrected chi connectivity index (χ0v) is 13.7. The summed E-state index contributed by atoms with van der Waals surface area (Å²) in [6, 6.07) is 6.39. The van der Waals surface area contributed by atoms with Gasteiger partial charge in [0, 0.05) is 11.6 Å². The van der Waals surface area contributed by atoms with E-state index in [0.717, 1.165) is 36.0 Å². The van der Waals surface area contributed by atoms with Crippen molar-refractivity contribution in [3.8, 4) is 0 Å². The molecule has 0 bridgehead atoms. The second-order valence-electron chi connectivity index (χ2n) is 6.06. The highest BCUT2D eigenvalue weighted by Gasteiger charge is 2.26. The summed E-state index contributed by atoms with van der Waals surface area (Å²) in [5.74, 6) is 2.00. The predicted octanol–water partition coefficient (Wildman–Crippen LogP) is 4.55. The van der Waals surface area contributed by atoms with E-state index in [9.17, 15) is 0 Å². The average Bonchev–Trinajstić information content (AvgIpc) is 2.86. The molecule has 1 N–H and O–H groups in total. The molecule has 1 aromatic carbocycles. The number of piperidine rings is 1. The van der Waals surface area contributed by atoms with Crippen LogP contribution in [0, 0.1) is 5.92 Å². The highest BCUT2D eigenvalue weighted by atomic mass is 35.5. The maximum Gasteiger partial charge on any atom is 0.127 e. The first-order chi connectivity index (χ1) is 10.2. The molecule has 0 saturated carbocycles. The Morgan fingerprint density at radius 1 is 1.38 bits per heavy atom. The van der Waals surface area contributed by atoms with Crippen LogP contribution < -0.4 is 5.32 Å². The lowest BCUT2D eigenvalue weighted by Gasteiger charge is -2.29. The molecule has 0 amide bonds. The van der Waals surface area contributed by atoms with Gasteiger partial charge in [-0.1, -0.05) is 31.9 Å². The van der Waals surface area contributed by atoms with Crippen LogP contribution in [-0.2, 0) is 6.54 Å². The molecule has 21 heavy (non-hydrogen) atoms. The van der Waals surface area contributed by atoms with Crippen molar-refractivity contribution in [1.29, 1.82) is 0 Å². The first-order valence-electron chi connectivity index (χ1n) is 8.12. The summed E-state index contributed by atoms with van der Waals surface area (Å²) in [4.78, 5) is 4.91. The predicted molar refractivity (Wildman–Crippen MR) is 88.8 cm³/mol. The van der Waals surface area contributed by atoms with Crippen LogP contribution in [-0.4, -0.2) is 16.1 Å². The molecule has 0 spiro atoms. The Bertz CT molecular complexity index is 620. The van der Waals surface area contributed by atoms with E-state index in [2.05, 4.69) is 23.7 Å². The summed E-state index contributed by atoms with van der Waals surface area (Å²) in [7, 11) is 0. The molecule has 4 heteroatoms. The van der Waals surface area contributed by atoms with E-state index in [1.54, 1.807) is 0 Å². The Hall–Kier alpha value is -1.06. The van der Waals surface area contributed by atoms with Gasteiger partial charge in [-0.15, -0.1) is 0 Å². The first-order valence-corrected chi connectivity index (χ1v) is 8.49. The number of hydrogen-bond donors (Lipinski definition) is 1. The summed E-state index contributed by atoms with van der Waals surface area (Å²) in [6.07, 6.45) is 4.84. The van der Waals surface area contributed by atoms with E-state index in [1.807, 2.05) is 18.2 Å². The molecule has 1 aromatic heterocycles. The van der Waals surface area contributed by atoms with Crippen molar-refractivity contribution in [2.75, 3.05) is 6.54 Å². The Kier molecular flexibility index (Phi) is 4.51. The third-order valence-corrected chi connectivity index (χ3v) is 4.82. The topological polar surface area (TPSA) is 29.9 Å². The quantitative estimate of drug-likeness (QED) is 0.898. The molecule has 1 aliphatic heterocycles. The van der Waals surface area contributed by atoms with E-state index >= 15 is 0 Å². The van der Waals surface area contributed by atoms with E-state index in [1.165, 1.54) is 30.6 Å². The third-order valence-electron chi connectivity index (χ3n) is 4.59. The SMILES string of the molecule is CCCn1c(C2CC(CC)CCN2)nc2ccc(Cl)cc21. The molecular formula is C17H24ClN3. The number of aryl methyl sites for hydroxylation is 1. The van der Waals surface area contributed by atoms with Gasteiger partial charge in [-0.25, -0.2) is 4.98 Å². The van der Waals surface area contributed by atoms with Gasteiger partial charge in [0.1, 0.15) is 5.82 Å². The molecule has 114 valence electrons. The standard InChI is InChI=1S/C17H24ClN3/c1-3-9-21-16-11-13(18)5-6-14(16)20-17(21)15-10-12(4-2)7-8-19-15/h5-6,11-12,15,19H,3-4,7-10H2,1-2H3. The fraction of sp³-hybridized carbons (Fsp3) is 0.588. The van der Waals surface area contributed by atoms with E-state index in [0.29, 0.717) is 6.04 Å². The van der Waals surface area contributed by atoms with Gasteiger partial charge in [0.2, 0.25) is 0 Å². The fourth-order valence-corrected chi connectivity index (χ4v) is 3.57. The number of aromatic nitrogens is 2. The second-order valence-corrected chi connectivity index (χ2v) is 6.50. The minimum Gasteiger partial charge on any atom is -0.327 e. The van der Waals surface area contributed by atoms with Gasteiger partial charge in [0.15, 0.2) is 0 Å². The monoisotopic (exact) mass is 305 g/mol. The molecule has 1 fully saturated rings. The summed E-state index contributed by atoms with van der Waals surface area (Å²) in [6.45, 7) is 6.60. The Morgan fingerprint density at radius 3 is 3.00 bits per heavy atom. The van der Waals surface area contributed by atoms with Crippen LogP contribution in [0.4, 0.5) is 0 Å². The lowest BCUT2D eigenvalue weighted by molar-refractivity contribution is 0.286. The van der Waals surface area contributed by atoms with E-state index < -0.39 is 0 Å². The van der Waals surface area contributed by atoms with Gasteiger partial charge < -0.3 is 9.88 Å². The number of halogens is 1. The molecule has 2 atom stereocenters. The van der Waals surface area contributed by atoms with Gasteiger partial charge in [0.05, 0.1) is 17.1 Å². The lowest BCUT2D eigenvalue weighted by Crippen LogP contribution is -2.33. The maximum absolute atomic E-state index is 6.17. The molecule has 2 heterocycles. The number of benzene rings is 1. The smallest absolute Gasteiger partial charge is 0.127 e. The molecule has 3 rings (SSSR count). The van der Waals surface area contributed by atoms with Gasteiger partial charge in [0.25, 0.3) is 0 Å². The number of hydrogen-bond acceptors (Lipinski definition) is 2. The highest BCUT2D eigenvalue weighted by Crippen LogP contribution is 2.31. The van der Waals surface area contributed by atoms with Crippen molar-refractivity contribution >= 4 is 22.6 Å². The van der Waals surface area contributed by atoms with Crippen molar-refractivity contribution in [1.82, 2.24) is 14.9 Å². The van der Waals surface area contributed by atoms with Gasteiger partial charge in [-0.05, 0) is 49.9 Å². The number of fused-ring (bicyclic) bond motifs is 1. The Morgan fingerprint density at radius 2 is 2.24 bits per heavy atom. The average molecular weight is 306 g/mol. The fourth-order valence-electron chi connectivity index (χ4n) is 3.40. The van der Waals surface area contributed by atoms with Gasteiger partial charge >= 0.3 is 0 Å². The molecule has 1 saturated heterocycles. The zero-order valence-electron chi connectivity index (χ0n) is 12.9. The minimum atomic E-state index is 0.376. The van der Waals surface area contributed by atoms with Crippen LogP contribution in [0.5, 0.6) is 0 Å². The summed E-state index contributed by atoms with van der Waals surface area (Å²) in [5, 5.41) is 4.44. The number of rotatable bonds is 4. The minimum absolute atomic E-state index is 0.376. The van der Waals surface area contributed by atoms with Gasteiger partial charge in [-0.2, -0.15) is 0 Å². The number of nitrogens with one attached hydrogen (secondary N) is 1. The zero-order chi connectivity index (χ0) is 14.8. The third kappa shape index (κ3) is 2.95. The van der Waals surface area contributed by atoms with Crippen LogP contribution in [0.15, 0.2) is 18.2 Å². The number of nitrogens with zero attached hydrogens (tertiary/aromatic N) is 2. The molecule has 2 unspecified atom stereocenters. The normalized spacial score (nSPS) is 22.8. The van der Waals surface area contributed by atoms with Crippen LogP contribution in [0.1, 0.15) is 51.4 Å². The van der Waals surface area contributed by atoms with E-state index in [4.69, 9.17) is 16.6 Å². The van der Waals surface area contributed by atoms with Crippen LogP contribution in [0.25, 0.3) is 11.0 Å². The Labute approximate surface area is 131 Å². The first kappa shape index (κ1) is 14.9. The van der Waals surface area contributed by atoms with Crippen molar-refractivity contribution in [2.24, 2.45) is 5.92 Å². The summed E-state index contributed by atoms with van der Waals surface area (Å²) < 4.78 is 2.36. The Balaban J connectivity index is 2.02. The highest BCUT2D eigenvalue weighted by molar-refractivity contribution is 6.31. The van der Waals surface area contributed by atoms with Crippen molar-refractivity contribution in [2.45, 2.75) is 52.1 Å².